The maximum atomic E-state index is 12.0. The van der Waals surface area contributed by atoms with Gasteiger partial charge in [0.05, 0.1) is 24.1 Å². The fourth-order valence-electron chi connectivity index (χ4n) is 1.84. The van der Waals surface area contributed by atoms with E-state index >= 15 is 0 Å². The second kappa shape index (κ2) is 5.47. The molecule has 0 unspecified atom stereocenters. The van der Waals surface area contributed by atoms with Crippen LogP contribution in [0.3, 0.4) is 0 Å². The fraction of sp³-hybridized carbons (Fsp3) is 0.333. The molecule has 1 atom stereocenters. The van der Waals surface area contributed by atoms with Crippen molar-refractivity contribution >= 4 is 5.91 Å². The number of nitrogens with one attached hydrogen (secondary N) is 2. The average Bonchev–Trinajstić information content (AvgIpc) is 2.82. The first kappa shape index (κ1) is 13.0. The quantitative estimate of drug-likeness (QED) is 0.832. The lowest BCUT2D eigenvalue weighted by Gasteiger charge is -2.17. The first-order valence-corrected chi connectivity index (χ1v) is 5.95. The number of aryl methyl sites for hydroxylation is 1. The van der Waals surface area contributed by atoms with Gasteiger partial charge in [-0.25, -0.2) is 0 Å². The molecule has 0 saturated carbocycles. The first-order chi connectivity index (χ1) is 9.11. The lowest BCUT2D eigenvalue weighted by atomic mass is 10.1. The summed E-state index contributed by atoms with van der Waals surface area (Å²) < 4.78 is 1.71. The van der Waals surface area contributed by atoms with E-state index in [1.54, 1.807) is 10.9 Å². The Balaban J connectivity index is 2.17. The normalized spacial score (nSPS) is 12.1. The number of amides is 1. The van der Waals surface area contributed by atoms with Crippen LogP contribution in [0.4, 0.5) is 0 Å². The van der Waals surface area contributed by atoms with Crippen LogP contribution in [0.25, 0.3) is 0 Å². The van der Waals surface area contributed by atoms with E-state index in [0.29, 0.717) is 0 Å². The molecular formula is C12H15N5O2. The van der Waals surface area contributed by atoms with Crippen LogP contribution >= 0.6 is 0 Å². The average molecular weight is 261 g/mol. The van der Waals surface area contributed by atoms with Gasteiger partial charge in [0.1, 0.15) is 5.69 Å². The van der Waals surface area contributed by atoms with Crippen molar-refractivity contribution < 1.29 is 4.79 Å². The predicted octanol–water partition coefficient (Wildman–Crippen LogP) is 0.384. The van der Waals surface area contributed by atoms with E-state index in [0.717, 1.165) is 18.3 Å². The van der Waals surface area contributed by atoms with Crippen molar-refractivity contribution in [1.29, 1.82) is 0 Å². The van der Waals surface area contributed by atoms with Gasteiger partial charge in [0.2, 0.25) is 0 Å². The standard InChI is InChI=1S/C12H15N5O2/c1-3-8(10-4-5-14-17(10)2)16-12(19)9-6-13-7-11(18)15-9/h4-8H,3H2,1-2H3,(H,15,18)(H,16,19)/t8-/m0/s1. The molecule has 0 bridgehead atoms. The highest BCUT2D eigenvalue weighted by Crippen LogP contribution is 2.15. The fourth-order valence-corrected chi connectivity index (χ4v) is 1.84. The summed E-state index contributed by atoms with van der Waals surface area (Å²) in [7, 11) is 1.82. The number of aromatic amines is 1. The number of hydrogen-bond donors (Lipinski definition) is 2. The van der Waals surface area contributed by atoms with Crippen molar-refractivity contribution in [1.82, 2.24) is 25.1 Å². The molecule has 0 aromatic carbocycles. The van der Waals surface area contributed by atoms with Crippen molar-refractivity contribution in [3.8, 4) is 0 Å². The molecule has 0 aliphatic carbocycles. The molecule has 2 N–H and O–H groups in total. The highest BCUT2D eigenvalue weighted by atomic mass is 16.2. The Hall–Kier alpha value is -2.44. The third kappa shape index (κ3) is 2.87. The Kier molecular flexibility index (Phi) is 3.74. The van der Waals surface area contributed by atoms with Crippen molar-refractivity contribution in [2.75, 3.05) is 0 Å². The maximum Gasteiger partial charge on any atom is 0.269 e. The summed E-state index contributed by atoms with van der Waals surface area (Å²) in [6, 6.07) is 1.68. The van der Waals surface area contributed by atoms with Crippen LogP contribution < -0.4 is 10.9 Å². The van der Waals surface area contributed by atoms with Gasteiger partial charge in [-0.05, 0) is 12.5 Å². The summed E-state index contributed by atoms with van der Waals surface area (Å²) in [5.41, 5.74) is 0.649. The lowest BCUT2D eigenvalue weighted by molar-refractivity contribution is 0.0928. The van der Waals surface area contributed by atoms with Gasteiger partial charge < -0.3 is 10.3 Å². The van der Waals surface area contributed by atoms with Crippen LogP contribution in [0.2, 0.25) is 0 Å². The molecule has 0 aliphatic heterocycles. The zero-order valence-electron chi connectivity index (χ0n) is 10.8. The topological polar surface area (TPSA) is 92.7 Å². The predicted molar refractivity (Wildman–Crippen MR) is 68.6 cm³/mol. The Morgan fingerprint density at radius 3 is 2.89 bits per heavy atom. The van der Waals surface area contributed by atoms with Crippen LogP contribution in [0.5, 0.6) is 0 Å². The van der Waals surface area contributed by atoms with Crippen LogP contribution in [-0.4, -0.2) is 25.7 Å². The smallest absolute Gasteiger partial charge is 0.269 e. The van der Waals surface area contributed by atoms with Gasteiger partial charge in [-0.15, -0.1) is 0 Å². The molecule has 0 spiro atoms. The highest BCUT2D eigenvalue weighted by Gasteiger charge is 2.17. The van der Waals surface area contributed by atoms with Crippen molar-refractivity contribution in [3.05, 3.63) is 46.4 Å². The SMILES string of the molecule is CC[C@H](NC(=O)c1cncc(=O)[nH]1)c1ccnn1C. The second-order valence-electron chi connectivity index (χ2n) is 4.12. The number of rotatable bonds is 4. The van der Waals surface area contributed by atoms with Gasteiger partial charge in [0.15, 0.2) is 0 Å². The number of hydrogen-bond acceptors (Lipinski definition) is 4. The number of H-pyrrole nitrogens is 1. The van der Waals surface area contributed by atoms with Crippen LogP contribution in [0, 0.1) is 0 Å². The van der Waals surface area contributed by atoms with Gasteiger partial charge in [-0.1, -0.05) is 6.92 Å². The van der Waals surface area contributed by atoms with E-state index in [-0.39, 0.29) is 17.6 Å². The van der Waals surface area contributed by atoms with E-state index in [1.807, 2.05) is 20.0 Å². The molecule has 0 radical (unpaired) electrons. The molecule has 2 aromatic rings. The summed E-state index contributed by atoms with van der Waals surface area (Å²) in [4.78, 5) is 29.3. The molecule has 0 aliphatic rings. The molecule has 0 fully saturated rings. The van der Waals surface area contributed by atoms with Crippen LogP contribution in [0.1, 0.15) is 35.6 Å². The molecule has 2 rings (SSSR count). The third-order valence-electron chi connectivity index (χ3n) is 2.83. The largest absolute Gasteiger partial charge is 0.342 e. The minimum Gasteiger partial charge on any atom is -0.342 e. The van der Waals surface area contributed by atoms with E-state index in [4.69, 9.17) is 0 Å². The van der Waals surface area contributed by atoms with Crippen molar-refractivity contribution in [2.24, 2.45) is 7.05 Å². The highest BCUT2D eigenvalue weighted by molar-refractivity contribution is 5.92. The monoisotopic (exact) mass is 261 g/mol. The second-order valence-corrected chi connectivity index (χ2v) is 4.12. The van der Waals surface area contributed by atoms with E-state index < -0.39 is 5.56 Å². The molecule has 7 heteroatoms. The number of nitrogens with zero attached hydrogens (tertiary/aromatic N) is 3. The van der Waals surface area contributed by atoms with Gasteiger partial charge in [-0.2, -0.15) is 5.10 Å². The minimum atomic E-state index is -0.402. The summed E-state index contributed by atoms with van der Waals surface area (Å²) in [5, 5.41) is 6.92. The van der Waals surface area contributed by atoms with Gasteiger partial charge in [0.25, 0.3) is 11.5 Å². The van der Waals surface area contributed by atoms with Crippen molar-refractivity contribution in [3.63, 3.8) is 0 Å². The van der Waals surface area contributed by atoms with Gasteiger partial charge >= 0.3 is 0 Å². The Labute approximate surface area is 109 Å². The summed E-state index contributed by atoms with van der Waals surface area (Å²) >= 11 is 0. The van der Waals surface area contributed by atoms with Crippen LogP contribution in [-0.2, 0) is 7.05 Å². The molecule has 7 nitrogen and oxygen atoms in total. The summed E-state index contributed by atoms with van der Waals surface area (Å²) in [6.45, 7) is 1.96. The Morgan fingerprint density at radius 1 is 1.53 bits per heavy atom. The van der Waals surface area contributed by atoms with Gasteiger partial charge in [0, 0.05) is 13.2 Å². The molecule has 19 heavy (non-hydrogen) atoms. The Morgan fingerprint density at radius 2 is 2.32 bits per heavy atom. The lowest BCUT2D eigenvalue weighted by Crippen LogP contribution is -2.31. The number of aromatic nitrogens is 4. The molecule has 0 saturated heterocycles. The zero-order chi connectivity index (χ0) is 13.8. The summed E-state index contributed by atoms with van der Waals surface area (Å²) in [6.07, 6.45) is 4.84. The van der Waals surface area contributed by atoms with E-state index in [1.165, 1.54) is 6.20 Å². The van der Waals surface area contributed by atoms with Gasteiger partial charge in [-0.3, -0.25) is 19.3 Å². The molecule has 2 aromatic heterocycles. The molecular weight excluding hydrogens is 246 g/mol. The number of carbonyl (C=O) groups excluding carboxylic acids is 1. The Bertz CT molecular complexity index is 631. The third-order valence-corrected chi connectivity index (χ3v) is 2.83. The maximum absolute atomic E-state index is 12.0. The number of carbonyl (C=O) groups is 1. The van der Waals surface area contributed by atoms with E-state index in [9.17, 15) is 9.59 Å². The zero-order valence-corrected chi connectivity index (χ0v) is 10.8. The van der Waals surface area contributed by atoms with Crippen molar-refractivity contribution in [2.45, 2.75) is 19.4 Å². The van der Waals surface area contributed by atoms with E-state index in [2.05, 4.69) is 20.4 Å². The molecule has 2 heterocycles. The molecule has 100 valence electrons. The summed E-state index contributed by atoms with van der Waals surface area (Å²) in [5.74, 6) is -0.363. The molecule has 1 amide bonds. The minimum absolute atomic E-state index is 0.146. The first-order valence-electron chi connectivity index (χ1n) is 5.95. The van der Waals surface area contributed by atoms with Crippen LogP contribution in [0.15, 0.2) is 29.5 Å².